The average molecular weight is 551 g/mol. The molecule has 37 heavy (non-hydrogen) atoms. The summed E-state index contributed by atoms with van der Waals surface area (Å²) in [7, 11) is -3.68. The number of anilines is 1. The van der Waals surface area contributed by atoms with Crippen LogP contribution in [0.15, 0.2) is 76.6 Å². The van der Waals surface area contributed by atoms with E-state index in [2.05, 4.69) is 4.98 Å². The van der Waals surface area contributed by atoms with Crippen molar-refractivity contribution in [1.82, 2.24) is 13.9 Å². The predicted octanol–water partition coefficient (Wildman–Crippen LogP) is 4.10. The molecule has 7 nitrogen and oxygen atoms in total. The van der Waals surface area contributed by atoms with Gasteiger partial charge in [-0.2, -0.15) is 4.31 Å². The normalized spacial score (nSPS) is 18.9. The molecule has 0 radical (unpaired) electrons. The monoisotopic (exact) mass is 550 g/mol. The van der Waals surface area contributed by atoms with Crippen molar-refractivity contribution < 1.29 is 26.7 Å². The maximum atomic E-state index is 13.3. The molecule has 1 unspecified atom stereocenters. The van der Waals surface area contributed by atoms with Gasteiger partial charge in [-0.1, -0.05) is 18.2 Å². The summed E-state index contributed by atoms with van der Waals surface area (Å²) in [4.78, 5) is 6.47. The fraction of sp³-hybridized carbons (Fsp3) is 0.320. The number of benzene rings is 1. The first-order valence-electron chi connectivity index (χ1n) is 11.6. The Bertz CT molecular complexity index is 1460. The number of piperazine rings is 1. The first kappa shape index (κ1) is 25.7. The number of nitrogens with zero attached hydrogens (tertiary/aromatic N) is 4. The summed E-state index contributed by atoms with van der Waals surface area (Å²) in [5, 5.41) is 12.8. The molecule has 0 saturated carbocycles. The highest BCUT2D eigenvalue weighted by molar-refractivity contribution is 7.91. The van der Waals surface area contributed by atoms with Crippen LogP contribution in [0.3, 0.4) is 0 Å². The van der Waals surface area contributed by atoms with E-state index < -0.39 is 28.7 Å². The summed E-state index contributed by atoms with van der Waals surface area (Å²) in [6.07, 6.45) is 0.311. The van der Waals surface area contributed by atoms with Crippen LogP contribution in [0.5, 0.6) is 0 Å². The highest BCUT2D eigenvalue weighted by atomic mass is 32.2. The molecule has 4 aromatic rings. The minimum atomic E-state index is -3.68. The highest BCUT2D eigenvalue weighted by Gasteiger charge is 2.40. The van der Waals surface area contributed by atoms with Crippen LogP contribution < -0.4 is 4.90 Å². The number of hydrogen-bond donors (Lipinski definition) is 1. The van der Waals surface area contributed by atoms with E-state index in [1.54, 1.807) is 35.8 Å². The molecule has 0 bridgehead atoms. The fourth-order valence-corrected chi connectivity index (χ4v) is 7.29. The van der Waals surface area contributed by atoms with Crippen molar-refractivity contribution in [2.75, 3.05) is 31.2 Å². The number of thiophene rings is 1. The van der Waals surface area contributed by atoms with Gasteiger partial charge in [0.2, 0.25) is 0 Å². The molecule has 0 amide bonds. The Morgan fingerprint density at radius 3 is 2.57 bits per heavy atom. The van der Waals surface area contributed by atoms with Crippen molar-refractivity contribution in [3.8, 4) is 0 Å². The molecular formula is C25H25F3N4O3S2. The Balaban J connectivity index is 1.47. The molecule has 1 N–H and O–H groups in total. The molecule has 196 valence electrons. The molecule has 12 heteroatoms. The zero-order valence-corrected chi connectivity index (χ0v) is 21.3. The van der Waals surface area contributed by atoms with Crippen LogP contribution in [0.4, 0.5) is 18.9 Å². The van der Waals surface area contributed by atoms with Gasteiger partial charge in [-0.15, -0.1) is 11.3 Å². The Labute approximate surface area is 216 Å². The number of aromatic nitrogens is 2. The molecular weight excluding hydrogens is 525 g/mol. The minimum absolute atomic E-state index is 0.194. The van der Waals surface area contributed by atoms with Crippen LogP contribution >= 0.6 is 11.3 Å². The van der Waals surface area contributed by atoms with Crippen LogP contribution in [0.25, 0.3) is 11.0 Å². The fourth-order valence-electron chi connectivity index (χ4n) is 4.68. The SMILES string of the molecule is O=S(=O)(c1cccs1)N1CCN(c2ccc(C(O)(CF)C(F)F)cc2)[C@@H](Cn2ccc3cccnc32)C1. The first-order valence-corrected chi connectivity index (χ1v) is 13.9. The molecule has 1 fully saturated rings. The van der Waals surface area contributed by atoms with Gasteiger partial charge < -0.3 is 14.6 Å². The second kappa shape index (κ2) is 10.1. The molecule has 1 saturated heterocycles. The Kier molecular flexibility index (Phi) is 7.01. The van der Waals surface area contributed by atoms with Gasteiger partial charge in [-0.25, -0.2) is 26.6 Å². The first-order chi connectivity index (χ1) is 17.7. The Hall–Kier alpha value is -2.93. The third-order valence-corrected chi connectivity index (χ3v) is 9.97. The average Bonchev–Trinajstić information content (AvgIpc) is 3.60. The highest BCUT2D eigenvalue weighted by Crippen LogP contribution is 2.32. The van der Waals surface area contributed by atoms with E-state index in [1.807, 2.05) is 33.9 Å². The van der Waals surface area contributed by atoms with Crippen LogP contribution in [0.2, 0.25) is 0 Å². The van der Waals surface area contributed by atoms with Gasteiger partial charge in [0, 0.05) is 49.6 Å². The lowest BCUT2D eigenvalue weighted by Crippen LogP contribution is -2.56. The lowest BCUT2D eigenvalue weighted by atomic mass is 9.95. The summed E-state index contributed by atoms with van der Waals surface area (Å²) >= 11 is 1.16. The third kappa shape index (κ3) is 4.74. The van der Waals surface area contributed by atoms with Gasteiger partial charge >= 0.3 is 0 Å². The maximum absolute atomic E-state index is 13.3. The second-order valence-corrected chi connectivity index (χ2v) is 12.0. The minimum Gasteiger partial charge on any atom is -0.377 e. The topological polar surface area (TPSA) is 78.7 Å². The van der Waals surface area contributed by atoms with E-state index in [0.717, 1.165) is 22.4 Å². The summed E-state index contributed by atoms with van der Waals surface area (Å²) in [6.45, 7) is -0.415. The number of pyridine rings is 1. The maximum Gasteiger partial charge on any atom is 0.273 e. The van der Waals surface area contributed by atoms with Crippen LogP contribution in [0.1, 0.15) is 5.56 Å². The standard InChI is InChI=1S/C25H25F3N4O3S2/c26-17-25(33,24(27)28)19-5-7-20(8-6-19)32-13-12-31(37(34,35)22-4-2-14-36-22)16-21(32)15-30-11-9-18-3-1-10-29-23(18)30/h1-11,14,21,24,33H,12-13,15-17H2/t21-,25?/m0/s1. The van der Waals surface area contributed by atoms with E-state index in [0.29, 0.717) is 18.8 Å². The van der Waals surface area contributed by atoms with Gasteiger partial charge in [-0.3, -0.25) is 0 Å². The molecule has 5 rings (SSSR count). The number of fused-ring (bicyclic) bond motifs is 1. The quantitative estimate of drug-likeness (QED) is 0.358. The molecule has 4 heterocycles. The number of halogens is 3. The summed E-state index contributed by atoms with van der Waals surface area (Å²) < 4.78 is 70.2. The van der Waals surface area contributed by atoms with Crippen LogP contribution in [-0.4, -0.2) is 66.2 Å². The molecule has 0 spiro atoms. The van der Waals surface area contributed by atoms with Crippen molar-refractivity contribution >= 4 is 38.1 Å². The molecule has 1 aliphatic heterocycles. The second-order valence-electron chi connectivity index (χ2n) is 8.93. The van der Waals surface area contributed by atoms with Crippen molar-refractivity contribution in [1.29, 1.82) is 0 Å². The number of rotatable bonds is 8. The Morgan fingerprint density at radius 2 is 1.89 bits per heavy atom. The zero-order valence-electron chi connectivity index (χ0n) is 19.6. The zero-order chi connectivity index (χ0) is 26.2. The summed E-state index contributed by atoms with van der Waals surface area (Å²) in [5.74, 6) is 0. The number of hydrogen-bond acceptors (Lipinski definition) is 6. The van der Waals surface area contributed by atoms with Gasteiger partial charge in [0.05, 0.1) is 6.04 Å². The van der Waals surface area contributed by atoms with Gasteiger partial charge in [-0.05, 0) is 47.3 Å². The van der Waals surface area contributed by atoms with Crippen LogP contribution in [-0.2, 0) is 22.2 Å². The molecule has 1 aromatic carbocycles. The van der Waals surface area contributed by atoms with Gasteiger partial charge in [0.25, 0.3) is 16.4 Å². The lowest BCUT2D eigenvalue weighted by molar-refractivity contribution is -0.114. The number of sulfonamides is 1. The molecule has 3 aromatic heterocycles. The van der Waals surface area contributed by atoms with E-state index >= 15 is 0 Å². The van der Waals surface area contributed by atoms with Crippen molar-refractivity contribution in [3.05, 3.63) is 77.9 Å². The van der Waals surface area contributed by atoms with Crippen molar-refractivity contribution in [2.45, 2.75) is 28.8 Å². The van der Waals surface area contributed by atoms with E-state index in [4.69, 9.17) is 0 Å². The largest absolute Gasteiger partial charge is 0.377 e. The predicted molar refractivity (Wildman–Crippen MR) is 136 cm³/mol. The van der Waals surface area contributed by atoms with E-state index in [9.17, 15) is 26.7 Å². The van der Waals surface area contributed by atoms with E-state index in [1.165, 1.54) is 16.4 Å². The third-order valence-electron chi connectivity index (χ3n) is 6.73. The van der Waals surface area contributed by atoms with E-state index in [-0.39, 0.29) is 28.9 Å². The molecule has 0 aliphatic carbocycles. The van der Waals surface area contributed by atoms with Crippen molar-refractivity contribution in [3.63, 3.8) is 0 Å². The molecule has 2 atom stereocenters. The van der Waals surface area contributed by atoms with Gasteiger partial charge in [0.15, 0.2) is 5.60 Å². The summed E-state index contributed by atoms with van der Waals surface area (Å²) in [6, 6.07) is 14.4. The smallest absolute Gasteiger partial charge is 0.273 e. The van der Waals surface area contributed by atoms with Crippen molar-refractivity contribution in [2.24, 2.45) is 0 Å². The number of alkyl halides is 3. The van der Waals surface area contributed by atoms with Crippen LogP contribution in [0, 0.1) is 0 Å². The number of aliphatic hydroxyl groups is 1. The molecule has 1 aliphatic rings. The van der Waals surface area contributed by atoms with Gasteiger partial charge in [0.1, 0.15) is 16.5 Å². The lowest BCUT2D eigenvalue weighted by Gasteiger charge is -2.42. The summed E-state index contributed by atoms with van der Waals surface area (Å²) in [5.41, 5.74) is -1.67. The Morgan fingerprint density at radius 1 is 1.11 bits per heavy atom.